The van der Waals surface area contributed by atoms with Crippen molar-refractivity contribution in [1.82, 2.24) is 0 Å². The van der Waals surface area contributed by atoms with E-state index in [4.69, 9.17) is 18.9 Å². The molecule has 2 aliphatic rings. The fourth-order valence-corrected chi connectivity index (χ4v) is 5.78. The SMILES string of the molecule is CCOc1ccc(OCC)c(N2CCC(C3CCN(c4cc(OCC)ccc4OCC)CC3)CC2)c1. The van der Waals surface area contributed by atoms with Crippen LogP contribution in [0.4, 0.5) is 11.4 Å². The van der Waals surface area contributed by atoms with Crippen LogP contribution in [0.2, 0.25) is 0 Å². The predicted molar refractivity (Wildman–Crippen MR) is 147 cm³/mol. The van der Waals surface area contributed by atoms with Crippen LogP contribution in [-0.4, -0.2) is 52.6 Å². The van der Waals surface area contributed by atoms with Crippen LogP contribution in [-0.2, 0) is 0 Å². The molecule has 6 nitrogen and oxygen atoms in total. The molecule has 0 aliphatic carbocycles. The minimum Gasteiger partial charge on any atom is -0.494 e. The van der Waals surface area contributed by atoms with Crippen molar-refractivity contribution in [2.75, 3.05) is 62.4 Å². The Labute approximate surface area is 217 Å². The van der Waals surface area contributed by atoms with Crippen LogP contribution < -0.4 is 28.7 Å². The van der Waals surface area contributed by atoms with Crippen LogP contribution >= 0.6 is 0 Å². The summed E-state index contributed by atoms with van der Waals surface area (Å²) in [4.78, 5) is 4.99. The van der Waals surface area contributed by atoms with Crippen molar-refractivity contribution in [1.29, 1.82) is 0 Å². The topological polar surface area (TPSA) is 43.4 Å². The monoisotopic (exact) mass is 496 g/mol. The maximum atomic E-state index is 5.95. The first-order valence-corrected chi connectivity index (χ1v) is 14.0. The summed E-state index contributed by atoms with van der Waals surface area (Å²) >= 11 is 0. The van der Waals surface area contributed by atoms with Gasteiger partial charge in [0, 0.05) is 38.3 Å². The molecule has 0 saturated carbocycles. The number of piperidine rings is 2. The molecule has 4 rings (SSSR count). The molecule has 2 saturated heterocycles. The third-order valence-electron chi connectivity index (χ3n) is 7.51. The first-order valence-electron chi connectivity index (χ1n) is 14.0. The summed E-state index contributed by atoms with van der Waals surface area (Å²) in [5.74, 6) is 5.35. The Bertz CT molecular complexity index is 872. The average molecular weight is 497 g/mol. The van der Waals surface area contributed by atoms with E-state index in [1.807, 2.05) is 39.8 Å². The van der Waals surface area contributed by atoms with Gasteiger partial charge in [0.05, 0.1) is 37.8 Å². The fraction of sp³-hybridized carbons (Fsp3) is 0.600. The number of hydrogen-bond acceptors (Lipinski definition) is 6. The van der Waals surface area contributed by atoms with Gasteiger partial charge in [-0.25, -0.2) is 0 Å². The minimum atomic E-state index is 0.675. The number of anilines is 2. The van der Waals surface area contributed by atoms with E-state index in [1.54, 1.807) is 0 Å². The zero-order chi connectivity index (χ0) is 25.3. The van der Waals surface area contributed by atoms with E-state index in [9.17, 15) is 0 Å². The molecule has 0 amide bonds. The van der Waals surface area contributed by atoms with Gasteiger partial charge in [-0.1, -0.05) is 0 Å². The number of hydrogen-bond donors (Lipinski definition) is 0. The van der Waals surface area contributed by atoms with Crippen LogP contribution in [0.25, 0.3) is 0 Å². The number of nitrogens with zero attached hydrogens (tertiary/aromatic N) is 2. The van der Waals surface area contributed by atoms with E-state index < -0.39 is 0 Å². The van der Waals surface area contributed by atoms with Crippen molar-refractivity contribution in [2.24, 2.45) is 11.8 Å². The molecular weight excluding hydrogens is 452 g/mol. The van der Waals surface area contributed by atoms with Crippen LogP contribution in [0.1, 0.15) is 53.4 Å². The van der Waals surface area contributed by atoms with Crippen LogP contribution in [0, 0.1) is 11.8 Å². The number of rotatable bonds is 11. The Morgan fingerprint density at radius 1 is 0.556 bits per heavy atom. The quantitative estimate of drug-likeness (QED) is 0.358. The number of benzene rings is 2. The summed E-state index contributed by atoms with van der Waals surface area (Å²) in [5.41, 5.74) is 2.35. The van der Waals surface area contributed by atoms with E-state index >= 15 is 0 Å². The molecule has 0 spiro atoms. The van der Waals surface area contributed by atoms with Gasteiger partial charge < -0.3 is 28.7 Å². The Morgan fingerprint density at radius 2 is 0.917 bits per heavy atom. The zero-order valence-corrected chi connectivity index (χ0v) is 22.6. The standard InChI is InChI=1S/C30H44N2O4/c1-5-33-25-9-11-29(35-7-3)27(21-25)31-17-13-23(14-18-31)24-15-19-32(20-16-24)28-22-26(34-6-2)10-12-30(28)36-8-4/h9-12,21-24H,5-8,13-20H2,1-4H3. The summed E-state index contributed by atoms with van der Waals surface area (Å²) in [5, 5.41) is 0. The summed E-state index contributed by atoms with van der Waals surface area (Å²) in [7, 11) is 0. The second-order valence-corrected chi connectivity index (χ2v) is 9.64. The molecule has 0 aromatic heterocycles. The van der Waals surface area contributed by atoms with Crippen molar-refractivity contribution in [3.63, 3.8) is 0 Å². The van der Waals surface area contributed by atoms with E-state index in [0.717, 1.165) is 61.0 Å². The lowest BCUT2D eigenvalue weighted by Crippen LogP contribution is -2.41. The Balaban J connectivity index is 1.35. The lowest BCUT2D eigenvalue weighted by Gasteiger charge is -2.42. The van der Waals surface area contributed by atoms with Gasteiger partial charge >= 0.3 is 0 Å². The van der Waals surface area contributed by atoms with Crippen molar-refractivity contribution >= 4 is 11.4 Å². The molecule has 2 aromatic rings. The van der Waals surface area contributed by atoms with Crippen LogP contribution in [0.3, 0.4) is 0 Å². The lowest BCUT2D eigenvalue weighted by atomic mass is 9.78. The molecule has 0 unspecified atom stereocenters. The van der Waals surface area contributed by atoms with Crippen molar-refractivity contribution in [3.05, 3.63) is 36.4 Å². The summed E-state index contributed by atoms with van der Waals surface area (Å²) < 4.78 is 23.4. The molecule has 36 heavy (non-hydrogen) atoms. The molecule has 0 atom stereocenters. The molecule has 0 bridgehead atoms. The normalized spacial score (nSPS) is 17.2. The highest BCUT2D eigenvalue weighted by molar-refractivity contribution is 5.63. The van der Waals surface area contributed by atoms with Gasteiger partial charge in [0.25, 0.3) is 0 Å². The van der Waals surface area contributed by atoms with E-state index in [1.165, 1.54) is 37.1 Å². The smallest absolute Gasteiger partial charge is 0.142 e. The van der Waals surface area contributed by atoms with Crippen molar-refractivity contribution in [3.8, 4) is 23.0 Å². The fourth-order valence-electron chi connectivity index (χ4n) is 5.78. The first-order chi connectivity index (χ1) is 17.7. The summed E-state index contributed by atoms with van der Waals surface area (Å²) in [6.45, 7) is 15.1. The molecule has 0 N–H and O–H groups in total. The molecular formula is C30H44N2O4. The van der Waals surface area contributed by atoms with Crippen molar-refractivity contribution < 1.29 is 18.9 Å². The van der Waals surface area contributed by atoms with Gasteiger partial charge in [0.2, 0.25) is 0 Å². The average Bonchev–Trinajstić information content (AvgIpc) is 2.91. The highest BCUT2D eigenvalue weighted by Gasteiger charge is 2.31. The van der Waals surface area contributed by atoms with Gasteiger partial charge in [0.15, 0.2) is 0 Å². The second-order valence-electron chi connectivity index (χ2n) is 9.64. The molecule has 2 fully saturated rings. The maximum Gasteiger partial charge on any atom is 0.142 e. The second kappa shape index (κ2) is 13.0. The molecule has 0 radical (unpaired) electrons. The minimum absolute atomic E-state index is 0.675. The Hall–Kier alpha value is -2.76. The Morgan fingerprint density at radius 3 is 1.25 bits per heavy atom. The number of ether oxygens (including phenoxy) is 4. The molecule has 2 aromatic carbocycles. The van der Waals surface area contributed by atoms with Gasteiger partial charge in [0.1, 0.15) is 23.0 Å². The first kappa shape index (κ1) is 26.3. The van der Waals surface area contributed by atoms with Crippen LogP contribution in [0.15, 0.2) is 36.4 Å². The largest absolute Gasteiger partial charge is 0.494 e. The molecule has 198 valence electrons. The van der Waals surface area contributed by atoms with Gasteiger partial charge in [-0.05, 0) is 89.5 Å². The maximum absolute atomic E-state index is 5.95. The molecule has 2 aliphatic heterocycles. The third kappa shape index (κ3) is 6.32. The Kier molecular flexibility index (Phi) is 9.48. The highest BCUT2D eigenvalue weighted by atomic mass is 16.5. The van der Waals surface area contributed by atoms with Gasteiger partial charge in [-0.15, -0.1) is 0 Å². The summed E-state index contributed by atoms with van der Waals surface area (Å²) in [6, 6.07) is 12.4. The summed E-state index contributed by atoms with van der Waals surface area (Å²) in [6.07, 6.45) is 4.94. The van der Waals surface area contributed by atoms with Crippen molar-refractivity contribution in [2.45, 2.75) is 53.4 Å². The van der Waals surface area contributed by atoms with E-state index in [-0.39, 0.29) is 0 Å². The van der Waals surface area contributed by atoms with E-state index in [0.29, 0.717) is 26.4 Å². The van der Waals surface area contributed by atoms with E-state index in [2.05, 4.69) is 34.1 Å². The van der Waals surface area contributed by atoms with Gasteiger partial charge in [-0.3, -0.25) is 0 Å². The molecule has 6 heteroatoms. The zero-order valence-electron chi connectivity index (χ0n) is 22.6. The van der Waals surface area contributed by atoms with Crippen LogP contribution in [0.5, 0.6) is 23.0 Å². The predicted octanol–water partition coefficient (Wildman–Crippen LogP) is 6.41. The highest BCUT2D eigenvalue weighted by Crippen LogP contribution is 2.40. The lowest BCUT2D eigenvalue weighted by molar-refractivity contribution is 0.231. The van der Waals surface area contributed by atoms with Gasteiger partial charge in [-0.2, -0.15) is 0 Å². The molecule has 2 heterocycles. The third-order valence-corrected chi connectivity index (χ3v) is 7.51.